The summed E-state index contributed by atoms with van der Waals surface area (Å²) in [7, 11) is 0. The van der Waals surface area contributed by atoms with Gasteiger partial charge in [0.15, 0.2) is 6.30 Å². The number of hydrogen-bond acceptors (Lipinski definition) is 6. The maximum absolute atomic E-state index is 14.0. The number of aromatic hydroxyl groups is 1. The highest BCUT2D eigenvalue weighted by Crippen LogP contribution is 2.34. The minimum atomic E-state index is -1.12. The summed E-state index contributed by atoms with van der Waals surface area (Å²) in [6.07, 6.45) is 0.643. The molecule has 2 N–H and O–H groups in total. The maximum atomic E-state index is 14.0. The third kappa shape index (κ3) is 3.50. The Morgan fingerprint density at radius 3 is 2.71 bits per heavy atom. The lowest BCUT2D eigenvalue weighted by atomic mass is 9.99. The fourth-order valence-electron chi connectivity index (χ4n) is 3.62. The topological polar surface area (TPSA) is 64.5 Å². The smallest absolute Gasteiger partial charge is 0.245 e. The molecule has 146 valence electrons. The van der Waals surface area contributed by atoms with Crippen LogP contribution in [0.15, 0.2) is 48.7 Å². The van der Waals surface area contributed by atoms with Crippen molar-refractivity contribution in [3.05, 3.63) is 54.2 Å². The summed E-state index contributed by atoms with van der Waals surface area (Å²) in [5.41, 5.74) is 2.37. The van der Waals surface area contributed by atoms with E-state index in [1.807, 2.05) is 60.3 Å². The predicted molar refractivity (Wildman–Crippen MR) is 108 cm³/mol. The number of halogens is 1. The van der Waals surface area contributed by atoms with E-state index in [9.17, 15) is 9.50 Å². The van der Waals surface area contributed by atoms with Gasteiger partial charge in [-0.05, 0) is 30.2 Å². The molecule has 2 heterocycles. The van der Waals surface area contributed by atoms with Crippen molar-refractivity contribution >= 4 is 22.5 Å². The first kappa shape index (κ1) is 18.6. The quantitative estimate of drug-likeness (QED) is 0.672. The summed E-state index contributed by atoms with van der Waals surface area (Å²) in [4.78, 5) is 9.37. The molecule has 1 atom stereocenters. The SMILES string of the molecule is CC(C)c1c(O)ccc2cnc(N(c3ccccc3)N3CCNC(F)C3)nc12. The number of alkyl halides is 1. The van der Waals surface area contributed by atoms with E-state index in [1.165, 1.54) is 0 Å². The molecule has 0 spiro atoms. The Kier molecular flexibility index (Phi) is 5.11. The molecule has 0 aliphatic carbocycles. The van der Waals surface area contributed by atoms with Crippen molar-refractivity contribution in [1.29, 1.82) is 0 Å². The number of phenols is 1. The second-order valence-electron chi connectivity index (χ2n) is 7.24. The Labute approximate surface area is 163 Å². The van der Waals surface area contributed by atoms with Crippen LogP contribution >= 0.6 is 0 Å². The van der Waals surface area contributed by atoms with Gasteiger partial charge in [-0.3, -0.25) is 5.32 Å². The third-order valence-electron chi connectivity index (χ3n) is 4.91. The molecular weight excluding hydrogens is 357 g/mol. The summed E-state index contributed by atoms with van der Waals surface area (Å²) in [5, 5.41) is 17.8. The van der Waals surface area contributed by atoms with Crippen molar-refractivity contribution in [3.63, 3.8) is 0 Å². The zero-order valence-corrected chi connectivity index (χ0v) is 16.0. The molecule has 1 aliphatic heterocycles. The number of aromatic nitrogens is 2. The number of phenolic OH excluding ortho intramolecular Hbond substituents is 1. The van der Waals surface area contributed by atoms with E-state index >= 15 is 0 Å². The van der Waals surface area contributed by atoms with Gasteiger partial charge >= 0.3 is 0 Å². The molecule has 1 fully saturated rings. The van der Waals surface area contributed by atoms with Gasteiger partial charge in [0.1, 0.15) is 5.75 Å². The number of nitrogens with one attached hydrogen (secondary N) is 1. The summed E-state index contributed by atoms with van der Waals surface area (Å²) < 4.78 is 14.0. The summed E-state index contributed by atoms with van der Waals surface area (Å²) >= 11 is 0. The molecular formula is C21H24FN5O. The van der Waals surface area contributed by atoms with Crippen LogP contribution in [0.5, 0.6) is 5.75 Å². The van der Waals surface area contributed by atoms with Crippen molar-refractivity contribution in [3.8, 4) is 5.75 Å². The molecule has 7 heteroatoms. The van der Waals surface area contributed by atoms with Crippen LogP contribution in [0.25, 0.3) is 10.9 Å². The fraction of sp³-hybridized carbons (Fsp3) is 0.333. The van der Waals surface area contributed by atoms with E-state index in [-0.39, 0.29) is 18.2 Å². The molecule has 1 aromatic heterocycles. The van der Waals surface area contributed by atoms with Crippen LogP contribution in [0.4, 0.5) is 16.0 Å². The summed E-state index contributed by atoms with van der Waals surface area (Å²) in [6.45, 7) is 5.42. The van der Waals surface area contributed by atoms with Crippen LogP contribution in [-0.2, 0) is 0 Å². The Balaban J connectivity index is 1.86. The van der Waals surface area contributed by atoms with Gasteiger partial charge in [0, 0.05) is 30.2 Å². The van der Waals surface area contributed by atoms with E-state index in [0.717, 1.165) is 16.6 Å². The summed E-state index contributed by atoms with van der Waals surface area (Å²) in [5.74, 6) is 0.788. The van der Waals surface area contributed by atoms with Gasteiger partial charge in [0.25, 0.3) is 0 Å². The number of piperazine rings is 1. The zero-order chi connectivity index (χ0) is 19.7. The van der Waals surface area contributed by atoms with Crippen molar-refractivity contribution in [2.45, 2.75) is 26.1 Å². The van der Waals surface area contributed by atoms with Gasteiger partial charge in [-0.2, -0.15) is 0 Å². The highest BCUT2D eigenvalue weighted by molar-refractivity contribution is 5.85. The second kappa shape index (κ2) is 7.69. The molecule has 1 unspecified atom stereocenters. The number of fused-ring (bicyclic) bond motifs is 1. The van der Waals surface area contributed by atoms with E-state index in [4.69, 9.17) is 4.98 Å². The molecule has 0 radical (unpaired) electrons. The van der Waals surface area contributed by atoms with Gasteiger partial charge in [-0.1, -0.05) is 32.0 Å². The number of nitrogens with zero attached hydrogens (tertiary/aromatic N) is 4. The van der Waals surface area contributed by atoms with E-state index < -0.39 is 6.30 Å². The van der Waals surface area contributed by atoms with E-state index in [1.54, 1.807) is 12.3 Å². The third-order valence-corrected chi connectivity index (χ3v) is 4.91. The van der Waals surface area contributed by atoms with Gasteiger partial charge in [-0.25, -0.2) is 24.4 Å². The van der Waals surface area contributed by atoms with Crippen LogP contribution < -0.4 is 10.3 Å². The highest BCUT2D eigenvalue weighted by Gasteiger charge is 2.27. The number of para-hydroxylation sites is 1. The zero-order valence-electron chi connectivity index (χ0n) is 16.0. The Morgan fingerprint density at radius 2 is 2.00 bits per heavy atom. The van der Waals surface area contributed by atoms with Gasteiger partial charge < -0.3 is 5.11 Å². The molecule has 0 amide bonds. The molecule has 3 aromatic rings. The van der Waals surface area contributed by atoms with Crippen molar-refractivity contribution in [2.24, 2.45) is 0 Å². The Bertz CT molecular complexity index is 966. The minimum Gasteiger partial charge on any atom is -0.508 e. The van der Waals surface area contributed by atoms with Crippen molar-refractivity contribution in [1.82, 2.24) is 20.3 Å². The lowest BCUT2D eigenvalue weighted by Crippen LogP contribution is -2.54. The number of hydrogen-bond donors (Lipinski definition) is 2. The first-order valence-electron chi connectivity index (χ1n) is 9.50. The first-order chi connectivity index (χ1) is 13.5. The number of hydrazine groups is 1. The van der Waals surface area contributed by atoms with E-state index in [2.05, 4.69) is 10.3 Å². The normalized spacial score (nSPS) is 17.9. The number of rotatable bonds is 4. The van der Waals surface area contributed by atoms with Crippen molar-refractivity contribution < 1.29 is 9.50 Å². The van der Waals surface area contributed by atoms with E-state index in [0.29, 0.717) is 24.6 Å². The van der Waals surface area contributed by atoms with Gasteiger partial charge in [0.2, 0.25) is 5.95 Å². The molecule has 4 rings (SSSR count). The van der Waals surface area contributed by atoms with Gasteiger partial charge in [0.05, 0.1) is 17.7 Å². The number of anilines is 2. The van der Waals surface area contributed by atoms with Crippen LogP contribution in [0, 0.1) is 0 Å². The summed E-state index contributed by atoms with van der Waals surface area (Å²) in [6, 6.07) is 13.2. The van der Waals surface area contributed by atoms with Crippen LogP contribution in [0.3, 0.4) is 0 Å². The lowest BCUT2D eigenvalue weighted by molar-refractivity contribution is 0.124. The standard InChI is InChI=1S/C21H24FN5O/c1-14(2)19-17(28)9-8-15-12-24-21(25-20(15)19)27(16-6-4-3-5-7-16)26-11-10-23-18(22)13-26/h3-9,12,14,18,23,28H,10-11,13H2,1-2H3. The molecule has 0 bridgehead atoms. The molecule has 1 saturated heterocycles. The van der Waals surface area contributed by atoms with Crippen molar-refractivity contribution in [2.75, 3.05) is 24.6 Å². The largest absolute Gasteiger partial charge is 0.508 e. The fourth-order valence-corrected chi connectivity index (χ4v) is 3.62. The molecule has 6 nitrogen and oxygen atoms in total. The minimum absolute atomic E-state index is 0.103. The first-order valence-corrected chi connectivity index (χ1v) is 9.50. The van der Waals surface area contributed by atoms with Crippen LogP contribution in [-0.4, -0.2) is 46.0 Å². The average Bonchev–Trinajstić information content (AvgIpc) is 2.68. The second-order valence-corrected chi connectivity index (χ2v) is 7.24. The molecule has 1 aliphatic rings. The van der Waals surface area contributed by atoms with Crippen LogP contribution in [0.1, 0.15) is 25.3 Å². The predicted octanol–water partition coefficient (Wildman–Crippen LogP) is 3.71. The van der Waals surface area contributed by atoms with Crippen LogP contribution in [0.2, 0.25) is 0 Å². The number of benzene rings is 2. The highest BCUT2D eigenvalue weighted by atomic mass is 19.1. The monoisotopic (exact) mass is 381 g/mol. The molecule has 0 saturated carbocycles. The maximum Gasteiger partial charge on any atom is 0.245 e. The average molecular weight is 381 g/mol. The lowest BCUT2D eigenvalue weighted by Gasteiger charge is -2.38. The molecule has 2 aromatic carbocycles. The Morgan fingerprint density at radius 1 is 1.21 bits per heavy atom. The Hall–Kier alpha value is -2.77. The molecule has 28 heavy (non-hydrogen) atoms. The van der Waals surface area contributed by atoms with Gasteiger partial charge in [-0.15, -0.1) is 0 Å².